The van der Waals surface area contributed by atoms with Gasteiger partial charge in [0.05, 0.1) is 18.4 Å². The smallest absolute Gasteiger partial charge is 0.183 e. The zero-order valence-electron chi connectivity index (χ0n) is 21.1. The van der Waals surface area contributed by atoms with E-state index in [0.717, 1.165) is 37.4 Å². The minimum Gasteiger partial charge on any atom is -0.396 e. The van der Waals surface area contributed by atoms with Gasteiger partial charge in [0.2, 0.25) is 0 Å². The third-order valence-electron chi connectivity index (χ3n) is 7.77. The quantitative estimate of drug-likeness (QED) is 0.336. The monoisotopic (exact) mass is 520 g/mol. The van der Waals surface area contributed by atoms with Crippen molar-refractivity contribution in [1.82, 2.24) is 24.9 Å². The molecule has 1 aliphatic heterocycles. The average molecular weight is 521 g/mol. The van der Waals surface area contributed by atoms with Crippen LogP contribution in [0.2, 0.25) is 0 Å². The molecule has 198 valence electrons. The third kappa shape index (κ3) is 4.80. The second-order valence-electron chi connectivity index (χ2n) is 10.2. The van der Waals surface area contributed by atoms with E-state index >= 15 is 4.39 Å². The SMILES string of the molecule is OCC[C@H]1CCCN1c1nc(-c2cc(-c3ccon3)n(Cc3ccc(C4CCCC4)cc3F)n2)ncc1F. The van der Waals surface area contributed by atoms with E-state index in [1.807, 2.05) is 17.0 Å². The van der Waals surface area contributed by atoms with E-state index < -0.39 is 5.82 Å². The number of rotatable bonds is 8. The Balaban J connectivity index is 1.34. The molecule has 1 saturated carbocycles. The average Bonchev–Trinajstić information content (AvgIpc) is 3.73. The van der Waals surface area contributed by atoms with E-state index in [9.17, 15) is 9.50 Å². The lowest BCUT2D eigenvalue weighted by molar-refractivity contribution is 0.275. The molecule has 6 rings (SSSR count). The molecule has 1 aromatic carbocycles. The summed E-state index contributed by atoms with van der Waals surface area (Å²) in [7, 11) is 0. The lowest BCUT2D eigenvalue weighted by atomic mass is 9.96. The number of benzene rings is 1. The van der Waals surface area contributed by atoms with E-state index in [2.05, 4.69) is 20.2 Å². The van der Waals surface area contributed by atoms with Crippen LogP contribution in [0.5, 0.6) is 0 Å². The van der Waals surface area contributed by atoms with Gasteiger partial charge in [-0.25, -0.2) is 18.7 Å². The van der Waals surface area contributed by atoms with Gasteiger partial charge in [-0.3, -0.25) is 4.68 Å². The highest BCUT2D eigenvalue weighted by atomic mass is 19.1. The minimum absolute atomic E-state index is 0.0238. The minimum atomic E-state index is -0.515. The molecule has 4 aromatic rings. The number of hydrogen-bond acceptors (Lipinski definition) is 7. The van der Waals surface area contributed by atoms with Crippen molar-refractivity contribution >= 4 is 5.82 Å². The van der Waals surface area contributed by atoms with Crippen LogP contribution in [0.15, 0.2) is 47.3 Å². The highest BCUT2D eigenvalue weighted by Crippen LogP contribution is 2.35. The molecule has 0 radical (unpaired) electrons. The normalized spacial score (nSPS) is 18.1. The van der Waals surface area contributed by atoms with Crippen LogP contribution in [0, 0.1) is 11.6 Å². The highest BCUT2D eigenvalue weighted by Gasteiger charge is 2.28. The Morgan fingerprint density at radius 3 is 2.63 bits per heavy atom. The first kappa shape index (κ1) is 24.7. The van der Waals surface area contributed by atoms with Crippen molar-refractivity contribution < 1.29 is 18.4 Å². The van der Waals surface area contributed by atoms with Crippen molar-refractivity contribution in [3.63, 3.8) is 0 Å². The van der Waals surface area contributed by atoms with Crippen molar-refractivity contribution in [3.8, 4) is 22.9 Å². The molecule has 0 unspecified atom stereocenters. The van der Waals surface area contributed by atoms with Gasteiger partial charge in [0.1, 0.15) is 23.5 Å². The molecule has 38 heavy (non-hydrogen) atoms. The predicted molar refractivity (Wildman–Crippen MR) is 137 cm³/mol. The topological polar surface area (TPSA) is 93.1 Å². The van der Waals surface area contributed by atoms with Gasteiger partial charge >= 0.3 is 0 Å². The fourth-order valence-corrected chi connectivity index (χ4v) is 5.81. The fourth-order valence-electron chi connectivity index (χ4n) is 5.81. The first-order valence-corrected chi connectivity index (χ1v) is 13.3. The molecule has 1 saturated heterocycles. The molecule has 1 atom stereocenters. The summed E-state index contributed by atoms with van der Waals surface area (Å²) in [6.07, 6.45) is 9.54. The number of aliphatic hydroxyl groups excluding tert-OH is 1. The van der Waals surface area contributed by atoms with Gasteiger partial charge in [-0.1, -0.05) is 30.1 Å². The number of aliphatic hydroxyl groups is 1. The summed E-state index contributed by atoms with van der Waals surface area (Å²) in [4.78, 5) is 10.6. The maximum atomic E-state index is 15.2. The first-order valence-electron chi connectivity index (χ1n) is 13.3. The van der Waals surface area contributed by atoms with Crippen LogP contribution in [-0.2, 0) is 6.54 Å². The zero-order chi connectivity index (χ0) is 26.1. The molecular weight excluding hydrogens is 490 g/mol. The molecular formula is C28H30F2N6O2. The molecule has 2 fully saturated rings. The molecule has 10 heteroatoms. The summed E-state index contributed by atoms with van der Waals surface area (Å²) in [6, 6.07) is 8.99. The molecule has 3 aromatic heterocycles. The van der Waals surface area contributed by atoms with Crippen molar-refractivity contribution in [2.24, 2.45) is 0 Å². The second kappa shape index (κ2) is 10.6. The standard InChI is InChI=1S/C28H30F2N6O2/c29-22-14-19(18-4-1-2-5-18)7-8-20(22)17-36-26(24-10-13-38-34-24)15-25(33-36)27-31-16-23(30)28(32-27)35-11-3-6-21(35)9-12-37/h7-8,10,13-16,18,21,37H,1-6,9,11-12,17H2/t21-/m1/s1. The lowest BCUT2D eigenvalue weighted by Gasteiger charge is -2.25. The Hall–Kier alpha value is -3.66. The summed E-state index contributed by atoms with van der Waals surface area (Å²) in [6.45, 7) is 0.870. The summed E-state index contributed by atoms with van der Waals surface area (Å²) in [5, 5.41) is 18.2. The molecule has 0 amide bonds. The number of halogens is 2. The Labute approximate surface area is 219 Å². The van der Waals surface area contributed by atoms with Crippen LogP contribution in [0.3, 0.4) is 0 Å². The van der Waals surface area contributed by atoms with Crippen LogP contribution in [0.4, 0.5) is 14.6 Å². The molecule has 0 bridgehead atoms. The molecule has 1 N–H and O–H groups in total. The lowest BCUT2D eigenvalue weighted by Crippen LogP contribution is -2.31. The largest absolute Gasteiger partial charge is 0.396 e. The summed E-state index contributed by atoms with van der Waals surface area (Å²) < 4.78 is 36.7. The van der Waals surface area contributed by atoms with E-state index in [-0.39, 0.29) is 36.7 Å². The van der Waals surface area contributed by atoms with Crippen LogP contribution in [0.25, 0.3) is 22.9 Å². The molecule has 1 aliphatic carbocycles. The van der Waals surface area contributed by atoms with E-state index in [0.29, 0.717) is 41.5 Å². The zero-order valence-corrected chi connectivity index (χ0v) is 21.1. The Morgan fingerprint density at radius 2 is 1.87 bits per heavy atom. The summed E-state index contributed by atoms with van der Waals surface area (Å²) in [5.41, 5.74) is 3.13. The van der Waals surface area contributed by atoms with Gasteiger partial charge in [-0.2, -0.15) is 5.10 Å². The number of hydrogen-bond donors (Lipinski definition) is 1. The van der Waals surface area contributed by atoms with Gasteiger partial charge in [-0.05, 0) is 55.7 Å². The van der Waals surface area contributed by atoms with Gasteiger partial charge in [0.15, 0.2) is 17.5 Å². The Bertz CT molecular complexity index is 1400. The summed E-state index contributed by atoms with van der Waals surface area (Å²) in [5.74, 6) is 0.118. The molecule has 0 spiro atoms. The molecule has 8 nitrogen and oxygen atoms in total. The van der Waals surface area contributed by atoms with Crippen molar-refractivity contribution in [2.45, 2.75) is 63.5 Å². The third-order valence-corrected chi connectivity index (χ3v) is 7.77. The van der Waals surface area contributed by atoms with Gasteiger partial charge in [0, 0.05) is 30.8 Å². The highest BCUT2D eigenvalue weighted by molar-refractivity contribution is 5.63. The van der Waals surface area contributed by atoms with Crippen LogP contribution in [-0.4, -0.2) is 49.2 Å². The number of nitrogens with zero attached hydrogens (tertiary/aromatic N) is 6. The molecule has 4 heterocycles. The van der Waals surface area contributed by atoms with Gasteiger partial charge in [-0.15, -0.1) is 0 Å². The summed E-state index contributed by atoms with van der Waals surface area (Å²) >= 11 is 0. The van der Waals surface area contributed by atoms with Crippen LogP contribution < -0.4 is 4.90 Å². The van der Waals surface area contributed by atoms with Gasteiger partial charge in [0.25, 0.3) is 0 Å². The predicted octanol–water partition coefficient (Wildman–Crippen LogP) is 5.33. The number of anilines is 1. The second-order valence-corrected chi connectivity index (χ2v) is 10.2. The Morgan fingerprint density at radius 1 is 1.00 bits per heavy atom. The van der Waals surface area contributed by atoms with Crippen LogP contribution in [0.1, 0.15) is 62.0 Å². The van der Waals surface area contributed by atoms with E-state index in [4.69, 9.17) is 4.52 Å². The van der Waals surface area contributed by atoms with Crippen molar-refractivity contribution in [3.05, 3.63) is 65.6 Å². The maximum absolute atomic E-state index is 15.2. The van der Waals surface area contributed by atoms with E-state index in [1.165, 1.54) is 19.1 Å². The number of aromatic nitrogens is 5. The van der Waals surface area contributed by atoms with Crippen LogP contribution >= 0.6 is 0 Å². The first-order chi connectivity index (χ1) is 18.6. The van der Waals surface area contributed by atoms with Gasteiger partial charge < -0.3 is 14.5 Å². The van der Waals surface area contributed by atoms with Crippen molar-refractivity contribution in [2.75, 3.05) is 18.1 Å². The van der Waals surface area contributed by atoms with Crippen molar-refractivity contribution in [1.29, 1.82) is 0 Å². The fraction of sp³-hybridized carbons (Fsp3) is 0.429. The van der Waals surface area contributed by atoms with E-state index in [1.54, 1.807) is 22.9 Å². The Kier molecular flexibility index (Phi) is 6.88. The molecule has 2 aliphatic rings. The maximum Gasteiger partial charge on any atom is 0.183 e.